The number of carbonyl (C=O) groups excluding carboxylic acids is 1. The van der Waals surface area contributed by atoms with Crippen LogP contribution in [0.15, 0.2) is 18.3 Å². The van der Waals surface area contributed by atoms with Gasteiger partial charge in [-0.3, -0.25) is 4.79 Å². The zero-order valence-corrected chi connectivity index (χ0v) is 13.4. The lowest BCUT2D eigenvalue weighted by Crippen LogP contribution is -2.41. The molecular formula is C16H21F3N2O3. The number of carbonyl (C=O) groups is 1. The number of aromatic nitrogens is 1. The number of pyridine rings is 1. The number of amides is 1. The second-order valence-electron chi connectivity index (χ2n) is 5.67. The van der Waals surface area contributed by atoms with Gasteiger partial charge in [0, 0.05) is 12.2 Å². The van der Waals surface area contributed by atoms with E-state index in [1.54, 1.807) is 19.1 Å². The van der Waals surface area contributed by atoms with Crippen molar-refractivity contribution < 1.29 is 27.4 Å². The highest BCUT2D eigenvalue weighted by molar-refractivity contribution is 5.96. The quantitative estimate of drug-likeness (QED) is 0.860. The van der Waals surface area contributed by atoms with Crippen LogP contribution in [0.1, 0.15) is 43.0 Å². The van der Waals surface area contributed by atoms with E-state index in [2.05, 4.69) is 10.3 Å². The van der Waals surface area contributed by atoms with Gasteiger partial charge in [0.1, 0.15) is 12.2 Å². The fourth-order valence-corrected chi connectivity index (χ4v) is 2.72. The fraction of sp³-hybridized carbons (Fsp3) is 0.625. The summed E-state index contributed by atoms with van der Waals surface area (Å²) in [5, 5.41) is 2.84. The molecule has 134 valence electrons. The third kappa shape index (κ3) is 5.67. The topological polar surface area (TPSA) is 60.5 Å². The third-order valence-electron chi connectivity index (χ3n) is 3.74. The van der Waals surface area contributed by atoms with Crippen LogP contribution in [0.25, 0.3) is 0 Å². The van der Waals surface area contributed by atoms with Crippen LogP contribution in [0, 0.1) is 0 Å². The molecule has 1 aliphatic carbocycles. The van der Waals surface area contributed by atoms with E-state index in [-0.39, 0.29) is 17.8 Å². The van der Waals surface area contributed by atoms with Gasteiger partial charge in [0.05, 0.1) is 12.7 Å². The molecule has 1 heterocycles. The number of nitrogens with one attached hydrogen (secondary N) is 1. The Labute approximate surface area is 138 Å². The molecule has 0 aromatic carbocycles. The van der Waals surface area contributed by atoms with E-state index >= 15 is 0 Å². The van der Waals surface area contributed by atoms with Crippen LogP contribution in [-0.4, -0.2) is 42.4 Å². The molecule has 0 spiro atoms. The van der Waals surface area contributed by atoms with Crippen molar-refractivity contribution >= 4 is 5.91 Å². The van der Waals surface area contributed by atoms with Crippen molar-refractivity contribution in [3.05, 3.63) is 23.9 Å². The van der Waals surface area contributed by atoms with Crippen molar-refractivity contribution in [1.29, 1.82) is 0 Å². The number of halogens is 3. The van der Waals surface area contributed by atoms with Gasteiger partial charge in [-0.15, -0.1) is 0 Å². The van der Waals surface area contributed by atoms with E-state index < -0.39 is 18.9 Å². The van der Waals surface area contributed by atoms with Crippen LogP contribution in [0.3, 0.4) is 0 Å². The van der Waals surface area contributed by atoms with Crippen molar-refractivity contribution in [1.82, 2.24) is 10.3 Å². The number of hydrogen-bond acceptors (Lipinski definition) is 4. The Hall–Kier alpha value is -1.83. The van der Waals surface area contributed by atoms with Gasteiger partial charge < -0.3 is 14.8 Å². The number of rotatable bonds is 6. The minimum atomic E-state index is -4.34. The zero-order valence-electron chi connectivity index (χ0n) is 13.4. The third-order valence-corrected chi connectivity index (χ3v) is 3.74. The van der Waals surface area contributed by atoms with Crippen LogP contribution in [-0.2, 0) is 4.74 Å². The lowest BCUT2D eigenvalue weighted by atomic mass is 9.92. The molecule has 0 unspecified atom stereocenters. The first-order valence-corrected chi connectivity index (χ1v) is 7.96. The van der Waals surface area contributed by atoms with E-state index in [9.17, 15) is 18.0 Å². The number of alkyl halides is 3. The van der Waals surface area contributed by atoms with E-state index in [4.69, 9.17) is 9.47 Å². The Balaban J connectivity index is 1.92. The molecule has 0 radical (unpaired) electrons. The SMILES string of the molecule is CCOc1ncccc1C(=O)N[C@@H]1CCC[C@@H](OCC(F)(F)F)C1. The summed E-state index contributed by atoms with van der Waals surface area (Å²) >= 11 is 0. The fourth-order valence-electron chi connectivity index (χ4n) is 2.72. The summed E-state index contributed by atoms with van der Waals surface area (Å²) in [7, 11) is 0. The second kappa shape index (κ2) is 8.32. The highest BCUT2D eigenvalue weighted by Crippen LogP contribution is 2.25. The minimum absolute atomic E-state index is 0.223. The first kappa shape index (κ1) is 18.5. The lowest BCUT2D eigenvalue weighted by molar-refractivity contribution is -0.188. The maximum Gasteiger partial charge on any atom is 0.411 e. The molecule has 2 atom stereocenters. The predicted octanol–water partition coefficient (Wildman–Crippen LogP) is 3.10. The Bertz CT molecular complexity index is 552. The second-order valence-corrected chi connectivity index (χ2v) is 5.67. The summed E-state index contributed by atoms with van der Waals surface area (Å²) in [6, 6.07) is 3.01. The van der Waals surface area contributed by atoms with Crippen LogP contribution >= 0.6 is 0 Å². The molecule has 24 heavy (non-hydrogen) atoms. The summed E-state index contributed by atoms with van der Waals surface area (Å²) < 4.78 is 47.0. The van der Waals surface area contributed by atoms with E-state index in [1.807, 2.05) is 0 Å². The standard InChI is InChI=1S/C16H21F3N2O3/c1-2-23-15-13(7-4-8-20-15)14(22)21-11-5-3-6-12(9-11)24-10-16(17,18)19/h4,7-8,11-12H,2-3,5-6,9-10H2,1H3,(H,21,22)/t11-,12-/m1/s1. The van der Waals surface area contributed by atoms with Gasteiger partial charge in [0.25, 0.3) is 5.91 Å². The first-order valence-electron chi connectivity index (χ1n) is 7.96. The summed E-state index contributed by atoms with van der Waals surface area (Å²) in [6.07, 6.45) is -0.945. The average Bonchev–Trinajstić information content (AvgIpc) is 2.53. The van der Waals surface area contributed by atoms with Crippen LogP contribution in [0.4, 0.5) is 13.2 Å². The maximum atomic E-state index is 12.4. The van der Waals surface area contributed by atoms with Crippen molar-refractivity contribution in [2.24, 2.45) is 0 Å². The number of nitrogens with zero attached hydrogens (tertiary/aromatic N) is 1. The van der Waals surface area contributed by atoms with Crippen LogP contribution in [0.2, 0.25) is 0 Å². The molecule has 1 saturated carbocycles. The molecular weight excluding hydrogens is 325 g/mol. The Morgan fingerprint density at radius 1 is 1.42 bits per heavy atom. The lowest BCUT2D eigenvalue weighted by Gasteiger charge is -2.30. The first-order chi connectivity index (χ1) is 11.4. The highest BCUT2D eigenvalue weighted by atomic mass is 19.4. The molecule has 0 aliphatic heterocycles. The largest absolute Gasteiger partial charge is 0.477 e. The number of ether oxygens (including phenoxy) is 2. The summed E-state index contributed by atoms with van der Waals surface area (Å²) in [6.45, 7) is 0.920. The van der Waals surface area contributed by atoms with Gasteiger partial charge in [-0.2, -0.15) is 13.2 Å². The molecule has 1 aliphatic rings. The van der Waals surface area contributed by atoms with Gasteiger partial charge >= 0.3 is 6.18 Å². The van der Waals surface area contributed by atoms with Gasteiger partial charge in [-0.05, 0) is 44.7 Å². The molecule has 1 N–H and O–H groups in total. The van der Waals surface area contributed by atoms with Gasteiger partial charge in [-0.1, -0.05) is 0 Å². The van der Waals surface area contributed by atoms with Crippen molar-refractivity contribution in [3.63, 3.8) is 0 Å². The number of hydrogen-bond donors (Lipinski definition) is 1. The minimum Gasteiger partial charge on any atom is -0.477 e. The Morgan fingerprint density at radius 3 is 2.92 bits per heavy atom. The van der Waals surface area contributed by atoms with Gasteiger partial charge in [0.2, 0.25) is 5.88 Å². The summed E-state index contributed by atoms with van der Waals surface area (Å²) in [5.41, 5.74) is 0.317. The predicted molar refractivity (Wildman–Crippen MR) is 80.9 cm³/mol. The summed E-state index contributed by atoms with van der Waals surface area (Å²) in [4.78, 5) is 16.4. The van der Waals surface area contributed by atoms with E-state index in [0.717, 1.165) is 0 Å². The average molecular weight is 346 g/mol. The summed E-state index contributed by atoms with van der Waals surface area (Å²) in [5.74, 6) is -0.0915. The molecule has 0 saturated heterocycles. The maximum absolute atomic E-state index is 12.4. The van der Waals surface area contributed by atoms with Crippen LogP contribution in [0.5, 0.6) is 5.88 Å². The zero-order chi connectivity index (χ0) is 17.6. The van der Waals surface area contributed by atoms with Crippen molar-refractivity contribution in [2.75, 3.05) is 13.2 Å². The molecule has 8 heteroatoms. The smallest absolute Gasteiger partial charge is 0.411 e. The van der Waals surface area contributed by atoms with Gasteiger partial charge in [-0.25, -0.2) is 4.98 Å². The molecule has 1 amide bonds. The Kier molecular flexibility index (Phi) is 6.42. The van der Waals surface area contributed by atoms with Gasteiger partial charge in [0.15, 0.2) is 0 Å². The molecule has 1 fully saturated rings. The molecule has 5 nitrogen and oxygen atoms in total. The van der Waals surface area contributed by atoms with Crippen molar-refractivity contribution in [2.45, 2.75) is 50.9 Å². The normalized spacial score (nSPS) is 21.3. The molecule has 1 aromatic heterocycles. The molecule has 1 aromatic rings. The van der Waals surface area contributed by atoms with Crippen molar-refractivity contribution in [3.8, 4) is 5.88 Å². The molecule has 2 rings (SSSR count). The monoisotopic (exact) mass is 346 g/mol. The van der Waals surface area contributed by atoms with E-state index in [0.29, 0.717) is 37.9 Å². The van der Waals surface area contributed by atoms with Crippen LogP contribution < -0.4 is 10.1 Å². The highest BCUT2D eigenvalue weighted by Gasteiger charge is 2.31. The molecule has 0 bridgehead atoms. The van der Waals surface area contributed by atoms with E-state index in [1.165, 1.54) is 6.20 Å². The Morgan fingerprint density at radius 2 is 2.21 bits per heavy atom.